The molecule has 1 saturated heterocycles. The van der Waals surface area contributed by atoms with Gasteiger partial charge in [-0.05, 0) is 74.4 Å². The van der Waals surface area contributed by atoms with Crippen molar-refractivity contribution < 1.29 is 19.1 Å². The number of hydrogen-bond acceptors (Lipinski definition) is 6. The van der Waals surface area contributed by atoms with Crippen LogP contribution in [-0.4, -0.2) is 79.9 Å². The number of aromatic nitrogens is 1. The van der Waals surface area contributed by atoms with Gasteiger partial charge in [0.05, 0.1) is 24.9 Å². The zero-order valence-electron chi connectivity index (χ0n) is 25.0. The number of nitrogens with one attached hydrogen (secondary N) is 2. The number of rotatable bonds is 10. The number of methoxy groups -OCH3 is 2. The molecule has 0 unspecified atom stereocenters. The summed E-state index contributed by atoms with van der Waals surface area (Å²) in [7, 11) is 3.08. The summed E-state index contributed by atoms with van der Waals surface area (Å²) in [6.45, 7) is 12.5. The number of carbonyl (C=O) groups excluding carboxylic acids is 2. The maximum absolute atomic E-state index is 13.8. The summed E-state index contributed by atoms with van der Waals surface area (Å²) >= 11 is 0. The summed E-state index contributed by atoms with van der Waals surface area (Å²) in [6.07, 6.45) is 2.03. The SMILES string of the molecule is COCCN1CCN(C(=O)c2cc(NCc3c(C)cccc3NC(=O)OC)c3c(c2)c(C)c(C)n3CC2CC2)CC1. The van der Waals surface area contributed by atoms with Crippen LogP contribution in [0.25, 0.3) is 10.9 Å². The number of anilines is 2. The van der Waals surface area contributed by atoms with Crippen LogP contribution in [0.5, 0.6) is 0 Å². The first-order chi connectivity index (χ1) is 19.8. The zero-order valence-corrected chi connectivity index (χ0v) is 25.0. The Hall–Kier alpha value is -3.56. The Labute approximate surface area is 242 Å². The zero-order chi connectivity index (χ0) is 29.1. The van der Waals surface area contributed by atoms with E-state index in [2.05, 4.69) is 40.0 Å². The average molecular weight is 562 g/mol. The molecule has 1 aliphatic heterocycles. The first-order valence-electron chi connectivity index (χ1n) is 14.6. The van der Waals surface area contributed by atoms with Crippen molar-refractivity contribution in [2.45, 2.75) is 46.7 Å². The van der Waals surface area contributed by atoms with Crippen molar-refractivity contribution in [1.82, 2.24) is 14.4 Å². The molecule has 1 aromatic heterocycles. The summed E-state index contributed by atoms with van der Waals surface area (Å²) in [4.78, 5) is 30.2. The van der Waals surface area contributed by atoms with Gasteiger partial charge in [-0.1, -0.05) is 12.1 Å². The first kappa shape index (κ1) is 29.0. The summed E-state index contributed by atoms with van der Waals surface area (Å²) in [5.74, 6) is 0.775. The number of hydrogen-bond donors (Lipinski definition) is 2. The van der Waals surface area contributed by atoms with Crippen molar-refractivity contribution in [3.63, 3.8) is 0 Å². The van der Waals surface area contributed by atoms with E-state index in [1.807, 2.05) is 36.1 Å². The van der Waals surface area contributed by atoms with Crippen molar-refractivity contribution >= 4 is 34.3 Å². The largest absolute Gasteiger partial charge is 0.453 e. The minimum atomic E-state index is -0.501. The molecule has 9 nitrogen and oxygen atoms in total. The lowest BCUT2D eigenvalue weighted by Gasteiger charge is -2.34. The van der Waals surface area contributed by atoms with Gasteiger partial charge in [-0.15, -0.1) is 0 Å². The molecule has 3 aromatic rings. The second-order valence-electron chi connectivity index (χ2n) is 11.4. The maximum Gasteiger partial charge on any atom is 0.411 e. The number of aryl methyl sites for hydroxylation is 2. The molecule has 0 atom stereocenters. The van der Waals surface area contributed by atoms with E-state index in [0.717, 1.165) is 53.9 Å². The maximum atomic E-state index is 13.8. The normalized spacial score (nSPS) is 15.8. The molecule has 2 heterocycles. The number of fused-ring (bicyclic) bond motifs is 1. The molecule has 0 bridgehead atoms. The standard InChI is InChI=1S/C32H43N5O4/c1-21-7-6-8-28(34-32(39)41-5)27(21)19-33-29-18-25(31(38)36-13-11-35(12-14-36)15-16-40-4)17-26-22(2)23(3)37(30(26)29)20-24-9-10-24/h6-8,17-18,24,33H,9-16,19-20H2,1-5H3,(H,34,39). The van der Waals surface area contributed by atoms with Gasteiger partial charge in [0.25, 0.3) is 5.91 Å². The fourth-order valence-corrected chi connectivity index (χ4v) is 5.80. The Morgan fingerprint density at radius 2 is 1.76 bits per heavy atom. The van der Waals surface area contributed by atoms with Gasteiger partial charge >= 0.3 is 6.09 Å². The molecule has 0 spiro atoms. The van der Waals surface area contributed by atoms with E-state index in [1.54, 1.807) is 7.11 Å². The topological polar surface area (TPSA) is 88.1 Å². The van der Waals surface area contributed by atoms with Crippen LogP contribution in [0.1, 0.15) is 45.6 Å². The van der Waals surface area contributed by atoms with Crippen molar-refractivity contribution in [3.05, 3.63) is 58.3 Å². The molecular formula is C32H43N5O4. The van der Waals surface area contributed by atoms with Crippen molar-refractivity contribution in [2.24, 2.45) is 5.92 Å². The molecular weight excluding hydrogens is 518 g/mol. The van der Waals surface area contributed by atoms with Crippen molar-refractivity contribution in [2.75, 3.05) is 64.2 Å². The Morgan fingerprint density at radius 3 is 2.44 bits per heavy atom. The molecule has 0 radical (unpaired) electrons. The minimum absolute atomic E-state index is 0.0669. The lowest BCUT2D eigenvalue weighted by Crippen LogP contribution is -2.49. The van der Waals surface area contributed by atoms with Crippen LogP contribution in [0.15, 0.2) is 30.3 Å². The van der Waals surface area contributed by atoms with Gasteiger partial charge in [0.15, 0.2) is 0 Å². The molecule has 220 valence electrons. The monoisotopic (exact) mass is 561 g/mol. The molecule has 1 saturated carbocycles. The summed E-state index contributed by atoms with van der Waals surface area (Å²) < 4.78 is 12.5. The Balaban J connectivity index is 1.48. The Morgan fingerprint density at radius 1 is 1.00 bits per heavy atom. The summed E-state index contributed by atoms with van der Waals surface area (Å²) in [5, 5.41) is 7.64. The van der Waals surface area contributed by atoms with Crippen molar-refractivity contribution in [1.29, 1.82) is 0 Å². The second kappa shape index (κ2) is 12.5. The number of carbonyl (C=O) groups is 2. The fraction of sp³-hybridized carbons (Fsp3) is 0.500. The van der Waals surface area contributed by atoms with Gasteiger partial charge in [-0.25, -0.2) is 4.79 Å². The van der Waals surface area contributed by atoms with Gasteiger partial charge in [0.1, 0.15) is 0 Å². The number of benzene rings is 2. The van der Waals surface area contributed by atoms with Crippen LogP contribution in [0.4, 0.5) is 16.2 Å². The van der Waals surface area contributed by atoms with Crippen LogP contribution < -0.4 is 10.6 Å². The Bertz CT molecular complexity index is 1420. The molecule has 2 aromatic carbocycles. The quantitative estimate of drug-likeness (QED) is 0.355. The third kappa shape index (κ3) is 6.36. The van der Waals surface area contributed by atoms with E-state index < -0.39 is 6.09 Å². The molecule has 1 aliphatic carbocycles. The van der Waals surface area contributed by atoms with Gasteiger partial charge < -0.3 is 24.3 Å². The molecule has 41 heavy (non-hydrogen) atoms. The van der Waals surface area contributed by atoms with Crippen molar-refractivity contribution in [3.8, 4) is 0 Å². The lowest BCUT2D eigenvalue weighted by atomic mass is 10.0. The van der Waals surface area contributed by atoms with Crippen LogP contribution in [0.2, 0.25) is 0 Å². The predicted molar refractivity (Wildman–Crippen MR) is 163 cm³/mol. The van der Waals surface area contributed by atoms with E-state index in [1.165, 1.54) is 31.2 Å². The van der Waals surface area contributed by atoms with Gasteiger partial charge in [-0.2, -0.15) is 0 Å². The molecule has 5 rings (SSSR count). The highest BCUT2D eigenvalue weighted by Crippen LogP contribution is 2.38. The number of ether oxygens (including phenoxy) is 2. The third-order valence-corrected chi connectivity index (χ3v) is 8.68. The van der Waals surface area contributed by atoms with Crippen LogP contribution >= 0.6 is 0 Å². The smallest absolute Gasteiger partial charge is 0.411 e. The van der Waals surface area contributed by atoms with E-state index in [4.69, 9.17) is 9.47 Å². The van der Waals surface area contributed by atoms with E-state index in [-0.39, 0.29) is 5.91 Å². The highest BCUT2D eigenvalue weighted by molar-refractivity contribution is 6.04. The molecule has 2 aliphatic rings. The summed E-state index contributed by atoms with van der Waals surface area (Å²) in [5.41, 5.74) is 7.99. The Kier molecular flexibility index (Phi) is 8.85. The van der Waals surface area contributed by atoms with E-state index >= 15 is 0 Å². The number of piperazine rings is 1. The highest BCUT2D eigenvalue weighted by Gasteiger charge is 2.27. The molecule has 2 fully saturated rings. The fourth-order valence-electron chi connectivity index (χ4n) is 5.80. The van der Waals surface area contributed by atoms with E-state index in [0.29, 0.717) is 43.4 Å². The lowest BCUT2D eigenvalue weighted by molar-refractivity contribution is 0.0594. The van der Waals surface area contributed by atoms with Crippen LogP contribution in [0.3, 0.4) is 0 Å². The van der Waals surface area contributed by atoms with Crippen LogP contribution in [-0.2, 0) is 22.6 Å². The number of amides is 2. The third-order valence-electron chi connectivity index (χ3n) is 8.68. The van der Waals surface area contributed by atoms with Gasteiger partial charge in [0, 0.05) is 75.3 Å². The minimum Gasteiger partial charge on any atom is -0.453 e. The molecule has 2 N–H and O–H groups in total. The molecule has 9 heteroatoms. The first-order valence-corrected chi connectivity index (χ1v) is 14.6. The average Bonchev–Trinajstić information content (AvgIpc) is 3.77. The number of nitrogens with zero attached hydrogens (tertiary/aromatic N) is 3. The van der Waals surface area contributed by atoms with E-state index in [9.17, 15) is 9.59 Å². The van der Waals surface area contributed by atoms with Crippen LogP contribution in [0, 0.1) is 26.7 Å². The van der Waals surface area contributed by atoms with Gasteiger partial charge in [0.2, 0.25) is 0 Å². The second-order valence-corrected chi connectivity index (χ2v) is 11.4. The molecule has 2 amide bonds. The summed E-state index contributed by atoms with van der Waals surface area (Å²) in [6, 6.07) is 9.95. The van der Waals surface area contributed by atoms with Gasteiger partial charge in [-0.3, -0.25) is 15.0 Å². The predicted octanol–water partition coefficient (Wildman–Crippen LogP) is 5.17. The highest BCUT2D eigenvalue weighted by atomic mass is 16.5.